The number of ether oxygens (including phenoxy) is 1. The van der Waals surface area contributed by atoms with E-state index in [1.54, 1.807) is 0 Å². The van der Waals surface area contributed by atoms with Gasteiger partial charge in [0, 0.05) is 11.3 Å². The fourth-order valence-corrected chi connectivity index (χ4v) is 2.86. The number of nitrogens with one attached hydrogen (secondary N) is 1. The van der Waals surface area contributed by atoms with Crippen LogP contribution in [0.1, 0.15) is 19.3 Å². The molecule has 0 heterocycles. The van der Waals surface area contributed by atoms with E-state index in [4.69, 9.17) is 4.74 Å². The Kier molecular flexibility index (Phi) is 5.52. The lowest BCUT2D eigenvalue weighted by molar-refractivity contribution is -0.124. The van der Waals surface area contributed by atoms with Crippen LogP contribution >= 0.6 is 0 Å². The van der Waals surface area contributed by atoms with Gasteiger partial charge in [-0.3, -0.25) is 4.79 Å². The molecule has 3 nitrogen and oxygen atoms in total. The first-order chi connectivity index (χ1) is 11.8. The third-order valence-corrected chi connectivity index (χ3v) is 4.17. The minimum atomic E-state index is 0.101. The number of allylic oxidation sites excluding steroid dienone is 2. The van der Waals surface area contributed by atoms with Gasteiger partial charge in [0.2, 0.25) is 5.91 Å². The highest BCUT2D eigenvalue weighted by molar-refractivity contribution is 5.88. The van der Waals surface area contributed by atoms with Crippen molar-refractivity contribution in [3.8, 4) is 17.6 Å². The molecule has 3 heteroatoms. The van der Waals surface area contributed by atoms with Crippen LogP contribution in [0.2, 0.25) is 0 Å². The highest BCUT2D eigenvalue weighted by Crippen LogP contribution is 2.24. The van der Waals surface area contributed by atoms with E-state index in [1.807, 2.05) is 30.3 Å². The second-order valence-electron chi connectivity index (χ2n) is 5.82. The van der Waals surface area contributed by atoms with Crippen LogP contribution in [0.3, 0.4) is 0 Å². The van der Waals surface area contributed by atoms with Crippen molar-refractivity contribution in [2.45, 2.75) is 19.3 Å². The molecule has 24 heavy (non-hydrogen) atoms. The summed E-state index contributed by atoms with van der Waals surface area (Å²) in [6.07, 6.45) is 6.97. The maximum Gasteiger partial charge on any atom is 0.224 e. The minimum absolute atomic E-state index is 0.101. The highest BCUT2D eigenvalue weighted by atomic mass is 16.5. The predicted molar refractivity (Wildman–Crippen MR) is 96.7 cm³/mol. The minimum Gasteiger partial charge on any atom is -0.480 e. The topological polar surface area (TPSA) is 38.3 Å². The van der Waals surface area contributed by atoms with Crippen LogP contribution in [0, 0.1) is 17.8 Å². The van der Waals surface area contributed by atoms with E-state index in [0.29, 0.717) is 13.2 Å². The molecular weight excluding hydrogens is 298 g/mol. The average molecular weight is 319 g/mol. The lowest BCUT2D eigenvalue weighted by Gasteiger charge is -2.16. The number of carbonyl (C=O) groups is 1. The summed E-state index contributed by atoms with van der Waals surface area (Å²) in [7, 11) is 0. The third-order valence-electron chi connectivity index (χ3n) is 4.17. The maximum atomic E-state index is 12.0. The van der Waals surface area contributed by atoms with Gasteiger partial charge in [-0.25, -0.2) is 0 Å². The molecule has 0 saturated heterocycles. The van der Waals surface area contributed by atoms with E-state index in [2.05, 4.69) is 41.4 Å². The van der Waals surface area contributed by atoms with Crippen LogP contribution in [0.15, 0.2) is 54.6 Å². The smallest absolute Gasteiger partial charge is 0.224 e. The summed E-state index contributed by atoms with van der Waals surface area (Å²) in [4.78, 5) is 12.0. The standard InChI is InChI=1S/C21H21NO2/c23-21(18-10-2-1-3-11-18)22-15-6-7-16-24-20-14-8-12-17-9-4-5-13-19(17)20/h1-2,4-5,8-9,12-14,18H,3,10-11,15-16H2,(H,22,23). The summed E-state index contributed by atoms with van der Waals surface area (Å²) in [5.41, 5.74) is 0. The number of carbonyl (C=O) groups excluding carboxylic acids is 1. The van der Waals surface area contributed by atoms with Crippen molar-refractivity contribution >= 4 is 16.7 Å². The molecule has 0 bridgehead atoms. The van der Waals surface area contributed by atoms with Gasteiger partial charge in [0.15, 0.2) is 0 Å². The van der Waals surface area contributed by atoms with Crippen molar-refractivity contribution < 1.29 is 9.53 Å². The third kappa shape index (κ3) is 4.17. The normalized spacial score (nSPS) is 16.2. The van der Waals surface area contributed by atoms with Crippen molar-refractivity contribution in [3.63, 3.8) is 0 Å². The number of benzene rings is 2. The lowest BCUT2D eigenvalue weighted by Crippen LogP contribution is -2.31. The van der Waals surface area contributed by atoms with Crippen LogP contribution in [-0.4, -0.2) is 19.1 Å². The van der Waals surface area contributed by atoms with Crippen molar-refractivity contribution in [3.05, 3.63) is 54.6 Å². The molecule has 0 aliphatic heterocycles. The predicted octanol–water partition coefficient (Wildman–Crippen LogP) is 3.69. The second-order valence-corrected chi connectivity index (χ2v) is 5.82. The van der Waals surface area contributed by atoms with E-state index >= 15 is 0 Å². The molecule has 2 aromatic carbocycles. The quantitative estimate of drug-likeness (QED) is 0.689. The summed E-state index contributed by atoms with van der Waals surface area (Å²) in [6, 6.07) is 14.1. The van der Waals surface area contributed by atoms with Crippen LogP contribution in [-0.2, 0) is 4.79 Å². The summed E-state index contributed by atoms with van der Waals surface area (Å²) in [6.45, 7) is 0.688. The number of hydrogen-bond donors (Lipinski definition) is 1. The Labute approximate surface area is 142 Å². The van der Waals surface area contributed by atoms with Gasteiger partial charge in [0.25, 0.3) is 0 Å². The Morgan fingerprint density at radius 1 is 1.12 bits per heavy atom. The van der Waals surface area contributed by atoms with E-state index in [0.717, 1.165) is 35.8 Å². The molecular formula is C21H21NO2. The molecule has 0 saturated carbocycles. The molecule has 122 valence electrons. The first kappa shape index (κ1) is 16.1. The Morgan fingerprint density at radius 3 is 2.88 bits per heavy atom. The molecule has 3 rings (SSSR count). The molecule has 0 aromatic heterocycles. The summed E-state index contributed by atoms with van der Waals surface area (Å²) in [5.74, 6) is 6.94. The zero-order valence-corrected chi connectivity index (χ0v) is 13.6. The monoisotopic (exact) mass is 319 g/mol. The summed E-state index contributed by atoms with van der Waals surface area (Å²) >= 11 is 0. The van der Waals surface area contributed by atoms with Gasteiger partial charge in [-0.1, -0.05) is 60.4 Å². The lowest BCUT2D eigenvalue weighted by atomic mass is 9.94. The van der Waals surface area contributed by atoms with E-state index in [1.165, 1.54) is 0 Å². The van der Waals surface area contributed by atoms with Crippen molar-refractivity contribution in [1.82, 2.24) is 5.32 Å². The van der Waals surface area contributed by atoms with Crippen LogP contribution < -0.4 is 10.1 Å². The van der Waals surface area contributed by atoms with Gasteiger partial charge >= 0.3 is 0 Å². The van der Waals surface area contributed by atoms with Crippen molar-refractivity contribution in [2.75, 3.05) is 13.2 Å². The first-order valence-electron chi connectivity index (χ1n) is 8.33. The number of hydrogen-bond acceptors (Lipinski definition) is 2. The molecule has 1 atom stereocenters. The van der Waals surface area contributed by atoms with E-state index in [9.17, 15) is 4.79 Å². The summed E-state index contributed by atoms with van der Waals surface area (Å²) < 4.78 is 5.75. The highest BCUT2D eigenvalue weighted by Gasteiger charge is 2.17. The average Bonchev–Trinajstić information content (AvgIpc) is 2.65. The molecule has 1 amide bonds. The molecule has 0 spiro atoms. The molecule has 1 aliphatic rings. The van der Waals surface area contributed by atoms with Gasteiger partial charge in [-0.2, -0.15) is 0 Å². The van der Waals surface area contributed by atoms with Gasteiger partial charge in [0.1, 0.15) is 12.4 Å². The maximum absolute atomic E-state index is 12.0. The first-order valence-corrected chi connectivity index (χ1v) is 8.33. The van der Waals surface area contributed by atoms with Gasteiger partial charge < -0.3 is 10.1 Å². The SMILES string of the molecule is O=C(NCC#CCOc1cccc2ccccc12)C1CC=CCC1. The van der Waals surface area contributed by atoms with Gasteiger partial charge in [-0.15, -0.1) is 0 Å². The molecule has 2 aromatic rings. The Morgan fingerprint density at radius 2 is 2.00 bits per heavy atom. The molecule has 0 radical (unpaired) electrons. The Hall–Kier alpha value is -2.73. The number of rotatable bonds is 4. The zero-order chi connectivity index (χ0) is 16.6. The van der Waals surface area contributed by atoms with Crippen LogP contribution in [0.25, 0.3) is 10.8 Å². The number of amides is 1. The van der Waals surface area contributed by atoms with Crippen LogP contribution in [0.4, 0.5) is 0 Å². The van der Waals surface area contributed by atoms with Gasteiger partial charge in [0.05, 0.1) is 6.54 Å². The molecule has 1 N–H and O–H groups in total. The van der Waals surface area contributed by atoms with E-state index < -0.39 is 0 Å². The van der Waals surface area contributed by atoms with Crippen LogP contribution in [0.5, 0.6) is 5.75 Å². The van der Waals surface area contributed by atoms with Crippen molar-refractivity contribution in [2.24, 2.45) is 5.92 Å². The fourth-order valence-electron chi connectivity index (χ4n) is 2.86. The second kappa shape index (κ2) is 8.21. The molecule has 1 unspecified atom stereocenters. The Balaban J connectivity index is 1.46. The zero-order valence-electron chi connectivity index (χ0n) is 13.6. The van der Waals surface area contributed by atoms with Crippen molar-refractivity contribution in [1.29, 1.82) is 0 Å². The largest absolute Gasteiger partial charge is 0.480 e. The fraction of sp³-hybridized carbons (Fsp3) is 0.286. The Bertz CT molecular complexity index is 793. The molecule has 0 fully saturated rings. The van der Waals surface area contributed by atoms with E-state index in [-0.39, 0.29) is 11.8 Å². The number of fused-ring (bicyclic) bond motifs is 1. The molecule has 1 aliphatic carbocycles. The summed E-state index contributed by atoms with van der Waals surface area (Å²) in [5, 5.41) is 5.11. The van der Waals surface area contributed by atoms with Gasteiger partial charge in [-0.05, 0) is 30.7 Å².